The van der Waals surface area contributed by atoms with Gasteiger partial charge in [-0.15, -0.1) is 5.10 Å². The molecule has 3 aromatic carbocycles. The van der Waals surface area contributed by atoms with Crippen LogP contribution >= 0.6 is 15.9 Å². The number of pyridine rings is 1. The summed E-state index contributed by atoms with van der Waals surface area (Å²) in [6.45, 7) is -0.347. The summed E-state index contributed by atoms with van der Waals surface area (Å²) < 4.78 is 7.42. The van der Waals surface area contributed by atoms with Gasteiger partial charge >= 0.3 is 5.97 Å². The molecular formula is C24H15BrN4O3. The zero-order valence-corrected chi connectivity index (χ0v) is 18.2. The summed E-state index contributed by atoms with van der Waals surface area (Å²) >= 11 is 3.43. The minimum Gasteiger partial charge on any atom is -0.439 e. The summed E-state index contributed by atoms with van der Waals surface area (Å²) in [6, 6.07) is 23.6. The number of nitrogens with zero attached hydrogens (tertiary/aromatic N) is 4. The highest BCUT2D eigenvalue weighted by molar-refractivity contribution is 9.10. The molecule has 0 saturated carbocycles. The fourth-order valence-electron chi connectivity index (χ4n) is 3.42. The van der Waals surface area contributed by atoms with Gasteiger partial charge in [-0.2, -0.15) is 4.68 Å². The predicted octanol–water partition coefficient (Wildman–Crippen LogP) is 4.58. The van der Waals surface area contributed by atoms with Crippen molar-refractivity contribution in [3.63, 3.8) is 0 Å². The largest absolute Gasteiger partial charge is 0.439 e. The molecule has 0 radical (unpaired) electrons. The van der Waals surface area contributed by atoms with Crippen molar-refractivity contribution in [1.29, 1.82) is 0 Å². The maximum Gasteiger partial charge on any atom is 0.340 e. The second-order valence-corrected chi connectivity index (χ2v) is 7.97. The van der Waals surface area contributed by atoms with Crippen molar-refractivity contribution in [3.8, 4) is 11.3 Å². The molecule has 0 fully saturated rings. The Labute approximate surface area is 190 Å². The molecule has 0 unspecified atom stereocenters. The first-order valence-electron chi connectivity index (χ1n) is 9.75. The molecule has 2 aromatic heterocycles. The third-order valence-corrected chi connectivity index (χ3v) is 5.55. The van der Waals surface area contributed by atoms with Crippen LogP contribution in [0.3, 0.4) is 0 Å². The zero-order valence-electron chi connectivity index (χ0n) is 16.6. The standard InChI is InChI=1S/C24H15BrN4O3/c25-16-11-9-15(10-12-16)22-13-19(17-5-1-3-7-20(17)26-22)24(31)32-14-29-23(30)18-6-2-4-8-21(18)27-28-29/h1-13H,14H2. The van der Waals surface area contributed by atoms with E-state index < -0.39 is 5.97 Å². The van der Waals surface area contributed by atoms with Crippen LogP contribution in [0.1, 0.15) is 10.4 Å². The fourth-order valence-corrected chi connectivity index (χ4v) is 3.68. The summed E-state index contributed by atoms with van der Waals surface area (Å²) in [5.41, 5.74) is 2.64. The summed E-state index contributed by atoms with van der Waals surface area (Å²) in [4.78, 5) is 30.3. The van der Waals surface area contributed by atoms with Crippen LogP contribution in [0, 0.1) is 0 Å². The number of hydrogen-bond donors (Lipinski definition) is 0. The summed E-state index contributed by atoms with van der Waals surface area (Å²) in [6.07, 6.45) is 0. The Morgan fingerprint density at radius 1 is 0.906 bits per heavy atom. The van der Waals surface area contributed by atoms with Crippen LogP contribution in [0.25, 0.3) is 33.1 Å². The van der Waals surface area contributed by atoms with Gasteiger partial charge in [-0.1, -0.05) is 63.6 Å². The van der Waals surface area contributed by atoms with Gasteiger partial charge < -0.3 is 4.74 Å². The molecule has 0 bridgehead atoms. The van der Waals surface area contributed by atoms with Crippen molar-refractivity contribution in [3.05, 3.63) is 99.3 Å². The third kappa shape index (κ3) is 3.76. The third-order valence-electron chi connectivity index (χ3n) is 5.02. The molecule has 0 aliphatic carbocycles. The van der Waals surface area contributed by atoms with Crippen LogP contribution < -0.4 is 5.56 Å². The van der Waals surface area contributed by atoms with Crippen LogP contribution in [0.15, 0.2) is 88.1 Å². The molecule has 5 rings (SSSR count). The highest BCUT2D eigenvalue weighted by Crippen LogP contribution is 2.26. The molecule has 7 nitrogen and oxygen atoms in total. The van der Waals surface area contributed by atoms with Gasteiger partial charge in [-0.25, -0.2) is 9.78 Å². The lowest BCUT2D eigenvalue weighted by Gasteiger charge is -2.11. The number of hydrogen-bond acceptors (Lipinski definition) is 6. The van der Waals surface area contributed by atoms with E-state index in [1.807, 2.05) is 48.5 Å². The topological polar surface area (TPSA) is 87.0 Å². The van der Waals surface area contributed by atoms with E-state index >= 15 is 0 Å². The van der Waals surface area contributed by atoms with Crippen molar-refractivity contribution >= 4 is 43.7 Å². The molecule has 0 aliphatic heterocycles. The lowest BCUT2D eigenvalue weighted by Crippen LogP contribution is -2.26. The molecule has 32 heavy (non-hydrogen) atoms. The minimum absolute atomic E-state index is 0.347. The maximum absolute atomic E-state index is 13.0. The van der Waals surface area contributed by atoms with Gasteiger partial charge in [-0.3, -0.25) is 4.79 Å². The van der Waals surface area contributed by atoms with Crippen LogP contribution in [-0.2, 0) is 11.5 Å². The highest BCUT2D eigenvalue weighted by Gasteiger charge is 2.16. The second-order valence-electron chi connectivity index (χ2n) is 7.05. The van der Waals surface area contributed by atoms with E-state index in [4.69, 9.17) is 4.74 Å². The van der Waals surface area contributed by atoms with E-state index in [9.17, 15) is 9.59 Å². The fraction of sp³-hybridized carbons (Fsp3) is 0.0417. The second kappa shape index (κ2) is 8.32. The first-order chi connectivity index (χ1) is 15.6. The van der Waals surface area contributed by atoms with Crippen LogP contribution in [0.4, 0.5) is 0 Å². The van der Waals surface area contributed by atoms with Crippen LogP contribution in [0.5, 0.6) is 0 Å². The Hall–Kier alpha value is -3.91. The van der Waals surface area contributed by atoms with Gasteiger partial charge in [0.15, 0.2) is 6.73 Å². The van der Waals surface area contributed by atoms with E-state index in [2.05, 4.69) is 31.2 Å². The van der Waals surface area contributed by atoms with Crippen molar-refractivity contribution < 1.29 is 9.53 Å². The molecule has 156 valence electrons. The average Bonchev–Trinajstić information content (AvgIpc) is 2.83. The Morgan fingerprint density at radius 2 is 1.59 bits per heavy atom. The van der Waals surface area contributed by atoms with E-state index in [1.54, 1.807) is 30.3 Å². The Bertz CT molecular complexity index is 1530. The summed E-state index contributed by atoms with van der Waals surface area (Å²) in [5, 5.41) is 8.95. The molecule has 0 spiro atoms. The number of ether oxygens (including phenoxy) is 1. The molecule has 0 N–H and O–H groups in total. The molecule has 0 aliphatic rings. The molecule has 2 heterocycles. The molecule has 8 heteroatoms. The number of benzene rings is 3. The van der Waals surface area contributed by atoms with Gasteiger partial charge in [0.05, 0.1) is 22.2 Å². The van der Waals surface area contributed by atoms with Gasteiger partial charge in [0.1, 0.15) is 5.52 Å². The summed E-state index contributed by atoms with van der Waals surface area (Å²) in [5.74, 6) is -0.580. The smallest absolute Gasteiger partial charge is 0.340 e. The predicted molar refractivity (Wildman–Crippen MR) is 124 cm³/mol. The molecular weight excluding hydrogens is 472 g/mol. The quantitative estimate of drug-likeness (QED) is 0.345. The van der Waals surface area contributed by atoms with Gasteiger partial charge in [-0.05, 0) is 36.4 Å². The number of aromatic nitrogens is 4. The first kappa shape index (κ1) is 20.0. The van der Waals surface area contributed by atoms with Gasteiger partial charge in [0, 0.05) is 15.4 Å². The Kier molecular flexibility index (Phi) is 5.20. The van der Waals surface area contributed by atoms with Crippen LogP contribution in [0.2, 0.25) is 0 Å². The maximum atomic E-state index is 13.0. The molecule has 0 amide bonds. The minimum atomic E-state index is -0.580. The average molecular weight is 487 g/mol. The number of carbonyl (C=O) groups excluding carboxylic acids is 1. The summed E-state index contributed by atoms with van der Waals surface area (Å²) in [7, 11) is 0. The van der Waals surface area contributed by atoms with E-state index in [0.29, 0.717) is 33.1 Å². The lowest BCUT2D eigenvalue weighted by atomic mass is 10.0. The molecule has 0 saturated heterocycles. The van der Waals surface area contributed by atoms with Crippen LogP contribution in [-0.4, -0.2) is 25.9 Å². The number of carbonyl (C=O) groups is 1. The van der Waals surface area contributed by atoms with E-state index in [1.165, 1.54) is 0 Å². The number of fused-ring (bicyclic) bond motifs is 2. The normalized spacial score (nSPS) is 11.0. The molecule has 0 atom stereocenters. The van der Waals surface area contributed by atoms with E-state index in [0.717, 1.165) is 14.7 Å². The lowest BCUT2D eigenvalue weighted by molar-refractivity contribution is 0.0338. The van der Waals surface area contributed by atoms with Gasteiger partial charge in [0.25, 0.3) is 5.56 Å². The van der Waals surface area contributed by atoms with Crippen molar-refractivity contribution in [2.45, 2.75) is 6.73 Å². The Morgan fingerprint density at radius 3 is 2.38 bits per heavy atom. The zero-order chi connectivity index (χ0) is 22.1. The first-order valence-corrected chi connectivity index (χ1v) is 10.5. The number of rotatable bonds is 4. The van der Waals surface area contributed by atoms with E-state index in [-0.39, 0.29) is 12.3 Å². The monoisotopic (exact) mass is 486 g/mol. The molecule has 5 aromatic rings. The van der Waals surface area contributed by atoms with Gasteiger partial charge in [0.2, 0.25) is 0 Å². The van der Waals surface area contributed by atoms with Crippen molar-refractivity contribution in [1.82, 2.24) is 20.0 Å². The number of para-hydroxylation sites is 1. The van der Waals surface area contributed by atoms with Crippen molar-refractivity contribution in [2.75, 3.05) is 0 Å². The number of esters is 1. The number of halogens is 1. The van der Waals surface area contributed by atoms with Crippen molar-refractivity contribution in [2.24, 2.45) is 0 Å². The SMILES string of the molecule is O=C(OCn1nnc2ccccc2c1=O)c1cc(-c2ccc(Br)cc2)nc2ccccc12. The Balaban J connectivity index is 1.50. The highest BCUT2D eigenvalue weighted by atomic mass is 79.9.